The Labute approximate surface area is 93.2 Å². The maximum atomic E-state index is 11.6. The highest BCUT2D eigenvalue weighted by Crippen LogP contribution is 2.08. The van der Waals surface area contributed by atoms with E-state index in [1.54, 1.807) is 0 Å². The average Bonchev–Trinajstić information content (AvgIpc) is 2.26. The molecule has 0 aromatic rings. The Hall–Kier alpha value is -1.34. The van der Waals surface area contributed by atoms with Crippen LogP contribution in [0.2, 0.25) is 0 Å². The second-order valence-electron chi connectivity index (χ2n) is 3.85. The summed E-state index contributed by atoms with van der Waals surface area (Å²) >= 11 is 0. The minimum Gasteiger partial charge on any atom is -0.480 e. The number of carbonyl (C=O) groups excluding carboxylic acids is 1. The molecular weight excluding hydrogens is 214 g/mol. The Kier molecular flexibility index (Phi) is 4.51. The van der Waals surface area contributed by atoms with Crippen molar-refractivity contribution in [2.75, 3.05) is 19.7 Å². The van der Waals surface area contributed by atoms with Gasteiger partial charge in [0.2, 0.25) is 0 Å². The highest BCUT2D eigenvalue weighted by atomic mass is 16.4. The quantitative estimate of drug-likeness (QED) is 0.475. The van der Waals surface area contributed by atoms with Crippen molar-refractivity contribution in [2.45, 2.75) is 24.9 Å². The van der Waals surface area contributed by atoms with Crippen LogP contribution >= 0.6 is 0 Å². The first-order valence-electron chi connectivity index (χ1n) is 5.19. The second kappa shape index (κ2) is 5.66. The first kappa shape index (κ1) is 12.7. The molecule has 16 heavy (non-hydrogen) atoms. The van der Waals surface area contributed by atoms with Crippen LogP contribution in [-0.2, 0) is 4.79 Å². The van der Waals surface area contributed by atoms with Gasteiger partial charge in [-0.2, -0.15) is 0 Å². The standard InChI is InChI=1S/C9H17N3O4/c10-6-1-3-12(4-2-6)9(16)11-7(5-13)8(14)15/h6-7,13H,1-5,10H2,(H,11,16)(H,14,15). The van der Waals surface area contributed by atoms with Crippen LogP contribution in [0.15, 0.2) is 0 Å². The number of likely N-dealkylation sites (tertiary alicyclic amines) is 1. The Morgan fingerprint density at radius 1 is 1.44 bits per heavy atom. The maximum absolute atomic E-state index is 11.6. The van der Waals surface area contributed by atoms with E-state index in [1.165, 1.54) is 4.90 Å². The van der Waals surface area contributed by atoms with Gasteiger partial charge in [-0.3, -0.25) is 0 Å². The first-order chi connectivity index (χ1) is 7.54. The van der Waals surface area contributed by atoms with Crippen LogP contribution in [0.3, 0.4) is 0 Å². The van der Waals surface area contributed by atoms with Crippen molar-refractivity contribution >= 4 is 12.0 Å². The molecule has 1 aliphatic heterocycles. The number of carbonyl (C=O) groups is 2. The number of carboxylic acids is 1. The molecular formula is C9H17N3O4. The van der Waals surface area contributed by atoms with Gasteiger partial charge in [-0.15, -0.1) is 0 Å². The number of urea groups is 1. The molecule has 7 nitrogen and oxygen atoms in total. The Bertz CT molecular complexity index is 263. The van der Waals surface area contributed by atoms with Crippen LogP contribution in [-0.4, -0.2) is 58.9 Å². The maximum Gasteiger partial charge on any atom is 0.328 e. The zero-order valence-corrected chi connectivity index (χ0v) is 8.93. The van der Waals surface area contributed by atoms with E-state index in [9.17, 15) is 9.59 Å². The molecule has 1 fully saturated rings. The number of aliphatic hydroxyl groups excluding tert-OH is 1. The summed E-state index contributed by atoms with van der Waals surface area (Å²) in [6, 6.07) is -1.60. The molecule has 0 saturated carbocycles. The van der Waals surface area contributed by atoms with E-state index in [0.717, 1.165) is 0 Å². The lowest BCUT2D eigenvalue weighted by molar-refractivity contribution is -0.140. The molecule has 0 aliphatic carbocycles. The van der Waals surface area contributed by atoms with Crippen LogP contribution in [0.5, 0.6) is 0 Å². The van der Waals surface area contributed by atoms with Gasteiger partial charge in [0.1, 0.15) is 0 Å². The van der Waals surface area contributed by atoms with Crippen LogP contribution < -0.4 is 11.1 Å². The Balaban J connectivity index is 2.42. The third-order valence-electron chi connectivity index (χ3n) is 2.61. The minimum atomic E-state index is -1.25. The van der Waals surface area contributed by atoms with Gasteiger partial charge < -0.3 is 26.2 Å². The number of rotatable bonds is 3. The molecule has 5 N–H and O–H groups in total. The van der Waals surface area contributed by atoms with E-state index < -0.39 is 24.6 Å². The Morgan fingerprint density at radius 3 is 2.44 bits per heavy atom. The summed E-state index contributed by atoms with van der Waals surface area (Å²) in [6.45, 7) is 0.421. The minimum absolute atomic E-state index is 0.108. The van der Waals surface area contributed by atoms with E-state index in [0.29, 0.717) is 25.9 Å². The molecule has 1 rings (SSSR count). The van der Waals surface area contributed by atoms with E-state index in [2.05, 4.69) is 5.32 Å². The summed E-state index contributed by atoms with van der Waals surface area (Å²) in [5, 5.41) is 19.6. The normalized spacial score (nSPS) is 19.2. The van der Waals surface area contributed by atoms with Gasteiger partial charge in [0, 0.05) is 19.1 Å². The van der Waals surface area contributed by atoms with Crippen molar-refractivity contribution in [3.05, 3.63) is 0 Å². The first-order valence-corrected chi connectivity index (χ1v) is 5.19. The fourth-order valence-electron chi connectivity index (χ4n) is 1.53. The SMILES string of the molecule is NC1CCN(C(=O)NC(CO)C(=O)O)CC1. The number of nitrogens with zero attached hydrogens (tertiary/aromatic N) is 1. The van der Waals surface area contributed by atoms with Gasteiger partial charge in [0.25, 0.3) is 0 Å². The molecule has 0 spiro atoms. The lowest BCUT2D eigenvalue weighted by Crippen LogP contribution is -2.52. The molecule has 0 bridgehead atoms. The lowest BCUT2D eigenvalue weighted by Gasteiger charge is -2.30. The third-order valence-corrected chi connectivity index (χ3v) is 2.61. The molecule has 1 aliphatic rings. The van der Waals surface area contributed by atoms with E-state index in [1.807, 2.05) is 0 Å². The fourth-order valence-corrected chi connectivity index (χ4v) is 1.53. The average molecular weight is 231 g/mol. The van der Waals surface area contributed by atoms with Crippen molar-refractivity contribution < 1.29 is 19.8 Å². The number of nitrogens with two attached hydrogens (primary N) is 1. The summed E-state index contributed by atoms with van der Waals surface area (Å²) in [7, 11) is 0. The molecule has 1 atom stereocenters. The second-order valence-corrected chi connectivity index (χ2v) is 3.85. The van der Waals surface area contributed by atoms with E-state index in [-0.39, 0.29) is 6.04 Å². The number of piperidine rings is 1. The fraction of sp³-hybridized carbons (Fsp3) is 0.778. The number of nitrogens with one attached hydrogen (secondary N) is 1. The molecule has 0 radical (unpaired) electrons. The molecule has 0 aromatic heterocycles. The molecule has 1 heterocycles. The number of aliphatic hydroxyl groups is 1. The number of carboxylic acid groups (broad SMARTS) is 1. The van der Waals surface area contributed by atoms with Crippen molar-refractivity contribution in [1.82, 2.24) is 10.2 Å². The van der Waals surface area contributed by atoms with Crippen molar-refractivity contribution in [1.29, 1.82) is 0 Å². The summed E-state index contributed by atoms with van der Waals surface area (Å²) in [5.74, 6) is -1.25. The van der Waals surface area contributed by atoms with Gasteiger partial charge in [-0.25, -0.2) is 9.59 Å². The predicted octanol–water partition coefficient (Wildman–Crippen LogP) is -1.44. The van der Waals surface area contributed by atoms with Gasteiger partial charge in [0.05, 0.1) is 6.61 Å². The monoisotopic (exact) mass is 231 g/mol. The summed E-state index contributed by atoms with van der Waals surface area (Å²) in [4.78, 5) is 23.7. The highest BCUT2D eigenvalue weighted by molar-refractivity contribution is 5.82. The van der Waals surface area contributed by atoms with Crippen molar-refractivity contribution in [3.63, 3.8) is 0 Å². The largest absolute Gasteiger partial charge is 0.480 e. The number of hydrogen-bond donors (Lipinski definition) is 4. The van der Waals surface area contributed by atoms with Gasteiger partial charge in [0.15, 0.2) is 6.04 Å². The molecule has 0 aromatic carbocycles. The highest BCUT2D eigenvalue weighted by Gasteiger charge is 2.24. The number of amides is 2. The number of aliphatic carboxylic acids is 1. The van der Waals surface area contributed by atoms with Crippen LogP contribution in [0, 0.1) is 0 Å². The van der Waals surface area contributed by atoms with Crippen molar-refractivity contribution in [3.8, 4) is 0 Å². The molecule has 1 unspecified atom stereocenters. The molecule has 1 saturated heterocycles. The topological polar surface area (TPSA) is 116 Å². The lowest BCUT2D eigenvalue weighted by atomic mass is 10.1. The Morgan fingerprint density at radius 2 is 2.00 bits per heavy atom. The van der Waals surface area contributed by atoms with Crippen molar-refractivity contribution in [2.24, 2.45) is 5.73 Å². The summed E-state index contributed by atoms with van der Waals surface area (Å²) in [5.41, 5.74) is 5.68. The molecule has 92 valence electrons. The van der Waals surface area contributed by atoms with Gasteiger partial charge in [-0.05, 0) is 12.8 Å². The van der Waals surface area contributed by atoms with E-state index in [4.69, 9.17) is 15.9 Å². The van der Waals surface area contributed by atoms with Crippen LogP contribution in [0.4, 0.5) is 4.79 Å². The van der Waals surface area contributed by atoms with Crippen LogP contribution in [0.25, 0.3) is 0 Å². The predicted molar refractivity (Wildman–Crippen MR) is 55.8 cm³/mol. The molecule has 2 amide bonds. The van der Waals surface area contributed by atoms with Gasteiger partial charge >= 0.3 is 12.0 Å². The van der Waals surface area contributed by atoms with E-state index >= 15 is 0 Å². The summed E-state index contributed by atoms with van der Waals surface area (Å²) < 4.78 is 0. The smallest absolute Gasteiger partial charge is 0.328 e. The zero-order chi connectivity index (χ0) is 12.1. The zero-order valence-electron chi connectivity index (χ0n) is 8.93. The van der Waals surface area contributed by atoms with Gasteiger partial charge in [-0.1, -0.05) is 0 Å². The van der Waals surface area contributed by atoms with Crippen LogP contribution in [0.1, 0.15) is 12.8 Å². The third kappa shape index (κ3) is 3.35. The number of hydrogen-bond acceptors (Lipinski definition) is 4. The molecule has 7 heteroatoms. The summed E-state index contributed by atoms with van der Waals surface area (Å²) in [6.07, 6.45) is 1.43.